The van der Waals surface area contributed by atoms with Crippen molar-refractivity contribution < 1.29 is 32.2 Å². The largest absolute Gasteiger partial charge is 0.497 e. The third-order valence-electron chi connectivity index (χ3n) is 5.91. The predicted octanol–water partition coefficient (Wildman–Crippen LogP) is 5.67. The van der Waals surface area contributed by atoms with Gasteiger partial charge in [0.2, 0.25) is 0 Å². The quantitative estimate of drug-likeness (QED) is 0.476. The average Bonchev–Trinajstić information content (AvgIpc) is 3.00. The van der Waals surface area contributed by atoms with E-state index in [1.807, 2.05) is 31.2 Å². The van der Waals surface area contributed by atoms with Gasteiger partial charge in [0.1, 0.15) is 11.5 Å². The molecule has 0 saturated carbocycles. The zero-order valence-corrected chi connectivity index (χ0v) is 19.8. The van der Waals surface area contributed by atoms with Crippen molar-refractivity contribution in [1.29, 1.82) is 0 Å². The van der Waals surface area contributed by atoms with Crippen molar-refractivity contribution >= 4 is 17.5 Å². The summed E-state index contributed by atoms with van der Waals surface area (Å²) < 4.78 is 49.6. The minimum absolute atomic E-state index is 0.0940. The van der Waals surface area contributed by atoms with Crippen LogP contribution in [0.15, 0.2) is 66.7 Å². The molecule has 1 N–H and O–H groups in total. The van der Waals surface area contributed by atoms with Gasteiger partial charge in [-0.3, -0.25) is 9.59 Å². The van der Waals surface area contributed by atoms with Crippen LogP contribution in [0.2, 0.25) is 0 Å². The molecule has 0 saturated heterocycles. The van der Waals surface area contributed by atoms with E-state index in [4.69, 9.17) is 9.47 Å². The number of carbonyl (C=O) groups excluding carboxylic acids is 2. The van der Waals surface area contributed by atoms with Gasteiger partial charge in [0, 0.05) is 29.9 Å². The molecule has 0 aromatic heterocycles. The molecule has 1 heterocycles. The maximum atomic E-state index is 13.1. The Morgan fingerprint density at radius 2 is 1.78 bits per heavy atom. The summed E-state index contributed by atoms with van der Waals surface area (Å²) in [5.41, 5.74) is 1.34. The SMILES string of the molecule is CC[C@@H]1Oc2ccc(NC(=O)c3ccc(C(F)(F)F)cc3)cc2CN(Cc2ccc(OC)cc2)C1=O. The van der Waals surface area contributed by atoms with Crippen molar-refractivity contribution in [2.24, 2.45) is 0 Å². The molecule has 0 bridgehead atoms. The summed E-state index contributed by atoms with van der Waals surface area (Å²) in [6, 6.07) is 16.5. The minimum atomic E-state index is -4.47. The molecule has 0 spiro atoms. The molecule has 4 rings (SSSR count). The van der Waals surface area contributed by atoms with E-state index in [0.29, 0.717) is 30.0 Å². The zero-order chi connectivity index (χ0) is 25.9. The summed E-state index contributed by atoms with van der Waals surface area (Å²) in [6.45, 7) is 2.50. The van der Waals surface area contributed by atoms with Gasteiger partial charge in [0.05, 0.1) is 12.7 Å². The molecule has 1 aliphatic rings. The van der Waals surface area contributed by atoms with Crippen LogP contribution in [-0.4, -0.2) is 29.9 Å². The fourth-order valence-corrected chi connectivity index (χ4v) is 3.94. The third kappa shape index (κ3) is 5.62. The Morgan fingerprint density at radius 3 is 2.39 bits per heavy atom. The summed E-state index contributed by atoms with van der Waals surface area (Å²) in [5, 5.41) is 2.71. The van der Waals surface area contributed by atoms with E-state index in [9.17, 15) is 22.8 Å². The smallest absolute Gasteiger partial charge is 0.416 e. The molecule has 2 amide bonds. The first-order valence-electron chi connectivity index (χ1n) is 11.4. The van der Waals surface area contributed by atoms with Gasteiger partial charge in [0.15, 0.2) is 6.10 Å². The van der Waals surface area contributed by atoms with E-state index < -0.39 is 23.8 Å². The summed E-state index contributed by atoms with van der Waals surface area (Å²) >= 11 is 0. The van der Waals surface area contributed by atoms with Gasteiger partial charge in [-0.2, -0.15) is 13.2 Å². The number of alkyl halides is 3. The molecule has 188 valence electrons. The standard InChI is InChI=1S/C27H25F3N2O4/c1-3-23-26(34)32(15-17-4-11-22(35-2)12-5-17)16-19-14-21(10-13-24(19)36-23)31-25(33)18-6-8-20(9-7-18)27(28,29)30/h4-14,23H,3,15-16H2,1-2H3,(H,31,33)/t23-/m0/s1. The molecule has 9 heteroatoms. The van der Waals surface area contributed by atoms with Gasteiger partial charge in [0.25, 0.3) is 11.8 Å². The predicted molar refractivity (Wildman–Crippen MR) is 128 cm³/mol. The minimum Gasteiger partial charge on any atom is -0.497 e. The second-order valence-electron chi connectivity index (χ2n) is 8.41. The van der Waals surface area contributed by atoms with Gasteiger partial charge < -0.3 is 19.7 Å². The molecule has 3 aromatic rings. The third-order valence-corrected chi connectivity index (χ3v) is 5.91. The first kappa shape index (κ1) is 25.1. The van der Waals surface area contributed by atoms with Crippen molar-refractivity contribution in [2.45, 2.75) is 38.7 Å². The van der Waals surface area contributed by atoms with Gasteiger partial charge in [-0.25, -0.2) is 0 Å². The van der Waals surface area contributed by atoms with E-state index in [-0.39, 0.29) is 18.0 Å². The van der Waals surface area contributed by atoms with E-state index in [1.54, 1.807) is 30.2 Å². The number of amides is 2. The van der Waals surface area contributed by atoms with Crippen LogP contribution in [-0.2, 0) is 24.1 Å². The number of ether oxygens (including phenoxy) is 2. The molecule has 0 unspecified atom stereocenters. The number of fused-ring (bicyclic) bond motifs is 1. The number of benzene rings is 3. The molecule has 6 nitrogen and oxygen atoms in total. The topological polar surface area (TPSA) is 67.9 Å². The van der Waals surface area contributed by atoms with Gasteiger partial charge in [-0.15, -0.1) is 0 Å². The van der Waals surface area contributed by atoms with E-state index in [2.05, 4.69) is 5.32 Å². The monoisotopic (exact) mass is 498 g/mol. The summed E-state index contributed by atoms with van der Waals surface area (Å²) in [7, 11) is 1.58. The summed E-state index contributed by atoms with van der Waals surface area (Å²) in [6.07, 6.45) is -4.63. The Bertz CT molecular complexity index is 1240. The van der Waals surface area contributed by atoms with Crippen molar-refractivity contribution in [3.63, 3.8) is 0 Å². The highest BCUT2D eigenvalue weighted by molar-refractivity contribution is 6.04. The number of hydrogen-bond donors (Lipinski definition) is 1. The number of nitrogens with one attached hydrogen (secondary N) is 1. The lowest BCUT2D eigenvalue weighted by molar-refractivity contribution is -0.139. The summed E-state index contributed by atoms with van der Waals surface area (Å²) in [4.78, 5) is 27.5. The van der Waals surface area contributed by atoms with E-state index in [1.165, 1.54) is 0 Å². The van der Waals surface area contributed by atoms with Crippen LogP contribution in [0.4, 0.5) is 18.9 Å². The van der Waals surface area contributed by atoms with E-state index >= 15 is 0 Å². The second-order valence-corrected chi connectivity index (χ2v) is 8.41. The zero-order valence-electron chi connectivity index (χ0n) is 19.8. The highest BCUT2D eigenvalue weighted by atomic mass is 19.4. The number of rotatable bonds is 6. The Kier molecular flexibility index (Phi) is 7.19. The molecular formula is C27H25F3N2O4. The highest BCUT2D eigenvalue weighted by Crippen LogP contribution is 2.31. The molecule has 1 atom stereocenters. The van der Waals surface area contributed by atoms with Crippen molar-refractivity contribution in [1.82, 2.24) is 4.90 Å². The number of hydrogen-bond acceptors (Lipinski definition) is 4. The molecule has 0 aliphatic carbocycles. The van der Waals surface area contributed by atoms with Crippen LogP contribution in [0.3, 0.4) is 0 Å². The Hall–Kier alpha value is -4.01. The Labute approximate surface area is 206 Å². The first-order valence-corrected chi connectivity index (χ1v) is 11.4. The van der Waals surface area contributed by atoms with Crippen LogP contribution < -0.4 is 14.8 Å². The maximum Gasteiger partial charge on any atom is 0.416 e. The van der Waals surface area contributed by atoms with Crippen LogP contribution in [0.25, 0.3) is 0 Å². The number of carbonyl (C=O) groups is 2. The molecule has 0 fully saturated rings. The maximum absolute atomic E-state index is 13.1. The van der Waals surface area contributed by atoms with Crippen molar-refractivity contribution in [2.75, 3.05) is 12.4 Å². The number of nitrogens with zero attached hydrogens (tertiary/aromatic N) is 1. The molecule has 1 aliphatic heterocycles. The van der Waals surface area contributed by atoms with Crippen LogP contribution >= 0.6 is 0 Å². The fraction of sp³-hybridized carbons (Fsp3) is 0.259. The Morgan fingerprint density at radius 1 is 1.08 bits per heavy atom. The molecule has 36 heavy (non-hydrogen) atoms. The Balaban J connectivity index is 1.54. The molecular weight excluding hydrogens is 473 g/mol. The van der Waals surface area contributed by atoms with Crippen LogP contribution in [0.5, 0.6) is 11.5 Å². The van der Waals surface area contributed by atoms with E-state index in [0.717, 1.165) is 35.6 Å². The molecule has 0 radical (unpaired) electrons. The fourth-order valence-electron chi connectivity index (χ4n) is 3.94. The van der Waals surface area contributed by atoms with Crippen LogP contribution in [0, 0.1) is 0 Å². The van der Waals surface area contributed by atoms with Gasteiger partial charge in [-0.1, -0.05) is 19.1 Å². The number of halogens is 3. The second kappa shape index (κ2) is 10.3. The lowest BCUT2D eigenvalue weighted by Crippen LogP contribution is -2.38. The average molecular weight is 499 g/mol. The summed E-state index contributed by atoms with van der Waals surface area (Å²) in [5.74, 6) is 0.574. The number of anilines is 1. The van der Waals surface area contributed by atoms with Gasteiger partial charge >= 0.3 is 6.18 Å². The number of methoxy groups -OCH3 is 1. The van der Waals surface area contributed by atoms with Gasteiger partial charge in [-0.05, 0) is 66.6 Å². The van der Waals surface area contributed by atoms with Crippen molar-refractivity contribution in [3.8, 4) is 11.5 Å². The van der Waals surface area contributed by atoms with Crippen molar-refractivity contribution in [3.05, 3.63) is 89.0 Å². The molecule has 3 aromatic carbocycles. The highest BCUT2D eigenvalue weighted by Gasteiger charge is 2.31. The first-order chi connectivity index (χ1) is 17.2. The van der Waals surface area contributed by atoms with Crippen LogP contribution in [0.1, 0.15) is 40.4 Å². The normalized spacial score (nSPS) is 15.5. The lowest BCUT2D eigenvalue weighted by atomic mass is 10.1. The lowest BCUT2D eigenvalue weighted by Gasteiger charge is -2.23.